The van der Waals surface area contributed by atoms with E-state index in [0.29, 0.717) is 29.4 Å². The molecule has 1 aliphatic heterocycles. The molecule has 0 saturated carbocycles. The third-order valence-electron chi connectivity index (χ3n) is 3.84. The predicted octanol–water partition coefficient (Wildman–Crippen LogP) is 2.29. The summed E-state index contributed by atoms with van der Waals surface area (Å²) in [5, 5.41) is 7.49. The van der Waals surface area contributed by atoms with E-state index in [2.05, 4.69) is 10.2 Å². The summed E-state index contributed by atoms with van der Waals surface area (Å²) < 4.78 is 0. The predicted molar refractivity (Wildman–Crippen MR) is 82.1 cm³/mol. The second-order valence-corrected chi connectivity index (χ2v) is 5.68. The van der Waals surface area contributed by atoms with E-state index < -0.39 is 0 Å². The number of H-pyrrole nitrogens is 1. The molecule has 1 fully saturated rings. The van der Waals surface area contributed by atoms with Crippen molar-refractivity contribution in [2.24, 2.45) is 5.73 Å². The Balaban J connectivity index is 1.89. The van der Waals surface area contributed by atoms with Crippen LogP contribution in [0.15, 0.2) is 30.5 Å². The molecule has 0 bridgehead atoms. The number of carbonyl (C=O) groups is 1. The third-order valence-corrected chi connectivity index (χ3v) is 4.17. The molecule has 110 valence electrons. The van der Waals surface area contributed by atoms with E-state index in [0.717, 1.165) is 18.4 Å². The van der Waals surface area contributed by atoms with Crippen LogP contribution < -0.4 is 5.73 Å². The van der Waals surface area contributed by atoms with Gasteiger partial charge in [0.05, 0.1) is 17.5 Å². The Hall–Kier alpha value is -1.85. The summed E-state index contributed by atoms with van der Waals surface area (Å²) in [6.07, 6.45) is 3.24. The van der Waals surface area contributed by atoms with E-state index in [9.17, 15) is 4.79 Å². The quantitative estimate of drug-likeness (QED) is 0.894. The number of carbonyl (C=O) groups excluding carboxylic acids is 1. The largest absolute Gasteiger partial charge is 0.338 e. The normalized spacial score (nSPS) is 16.2. The number of aromatic nitrogens is 2. The highest BCUT2D eigenvalue weighted by atomic mass is 35.5. The molecule has 1 amide bonds. The maximum absolute atomic E-state index is 12.7. The number of aromatic amines is 1. The molecule has 1 aromatic heterocycles. The van der Waals surface area contributed by atoms with E-state index in [-0.39, 0.29) is 11.9 Å². The minimum absolute atomic E-state index is 0.0226. The molecular weight excluding hydrogens is 288 g/mol. The molecule has 1 saturated heterocycles. The Labute approximate surface area is 128 Å². The van der Waals surface area contributed by atoms with Gasteiger partial charge in [0, 0.05) is 29.7 Å². The molecule has 2 heterocycles. The van der Waals surface area contributed by atoms with Gasteiger partial charge in [0.2, 0.25) is 0 Å². The lowest BCUT2D eigenvalue weighted by atomic mass is 10.0. The van der Waals surface area contributed by atoms with Crippen LogP contribution in [0.1, 0.15) is 23.2 Å². The van der Waals surface area contributed by atoms with Gasteiger partial charge < -0.3 is 10.6 Å². The van der Waals surface area contributed by atoms with E-state index >= 15 is 0 Å². The first-order chi connectivity index (χ1) is 10.2. The number of nitrogens with two attached hydrogens (primary N) is 1. The highest BCUT2D eigenvalue weighted by Crippen LogP contribution is 2.29. The molecule has 21 heavy (non-hydrogen) atoms. The van der Waals surface area contributed by atoms with Gasteiger partial charge in [-0.05, 0) is 18.9 Å². The van der Waals surface area contributed by atoms with Crippen LogP contribution in [0.3, 0.4) is 0 Å². The minimum Gasteiger partial charge on any atom is -0.338 e. The molecule has 0 radical (unpaired) electrons. The third kappa shape index (κ3) is 2.80. The van der Waals surface area contributed by atoms with Crippen LogP contribution in [0.2, 0.25) is 5.02 Å². The monoisotopic (exact) mass is 304 g/mol. The van der Waals surface area contributed by atoms with Crippen LogP contribution in [0, 0.1) is 0 Å². The highest BCUT2D eigenvalue weighted by Gasteiger charge is 2.25. The van der Waals surface area contributed by atoms with Crippen molar-refractivity contribution in [3.63, 3.8) is 0 Å². The molecule has 1 aromatic carbocycles. The first-order valence-electron chi connectivity index (χ1n) is 7.00. The van der Waals surface area contributed by atoms with Crippen LogP contribution in [0.25, 0.3) is 11.3 Å². The van der Waals surface area contributed by atoms with Crippen LogP contribution in [0.5, 0.6) is 0 Å². The average molecular weight is 305 g/mol. The number of likely N-dealkylation sites (tertiary alicyclic amines) is 1. The van der Waals surface area contributed by atoms with Gasteiger partial charge in [-0.15, -0.1) is 0 Å². The molecule has 0 unspecified atom stereocenters. The van der Waals surface area contributed by atoms with Gasteiger partial charge in [0.25, 0.3) is 5.91 Å². The van der Waals surface area contributed by atoms with E-state index in [4.69, 9.17) is 17.3 Å². The number of benzene rings is 1. The molecule has 2 aromatic rings. The Morgan fingerprint density at radius 1 is 1.33 bits per heavy atom. The van der Waals surface area contributed by atoms with Crippen molar-refractivity contribution < 1.29 is 4.79 Å². The van der Waals surface area contributed by atoms with E-state index in [1.807, 2.05) is 23.1 Å². The Kier molecular flexibility index (Phi) is 3.94. The topological polar surface area (TPSA) is 75.0 Å². The van der Waals surface area contributed by atoms with Crippen molar-refractivity contribution in [3.8, 4) is 11.3 Å². The highest BCUT2D eigenvalue weighted by molar-refractivity contribution is 6.33. The summed E-state index contributed by atoms with van der Waals surface area (Å²) in [4.78, 5) is 14.5. The molecule has 3 N–H and O–H groups in total. The maximum atomic E-state index is 12.7. The van der Waals surface area contributed by atoms with Crippen LogP contribution in [0.4, 0.5) is 0 Å². The summed E-state index contributed by atoms with van der Waals surface area (Å²) in [5.74, 6) is -0.0226. The number of hydrogen-bond acceptors (Lipinski definition) is 3. The summed E-state index contributed by atoms with van der Waals surface area (Å²) in [5.41, 5.74) is 7.89. The first kappa shape index (κ1) is 14.1. The fourth-order valence-corrected chi connectivity index (χ4v) is 2.82. The standard InChI is InChI=1S/C15H17ClN4O/c16-13-4-2-1-3-11(13)14-12(9-18-19-14)15(21)20-7-5-10(17)6-8-20/h1-4,9-10H,5-8,17H2,(H,18,19). The van der Waals surface area contributed by atoms with Gasteiger partial charge >= 0.3 is 0 Å². The average Bonchev–Trinajstić information content (AvgIpc) is 2.97. The maximum Gasteiger partial charge on any atom is 0.257 e. The zero-order chi connectivity index (χ0) is 14.8. The number of halogens is 1. The van der Waals surface area contributed by atoms with E-state index in [1.165, 1.54) is 0 Å². The van der Waals surface area contributed by atoms with Crippen molar-refractivity contribution in [1.82, 2.24) is 15.1 Å². The number of amides is 1. The van der Waals surface area contributed by atoms with Gasteiger partial charge in [-0.2, -0.15) is 5.10 Å². The van der Waals surface area contributed by atoms with Gasteiger partial charge in [-0.3, -0.25) is 9.89 Å². The minimum atomic E-state index is -0.0226. The summed E-state index contributed by atoms with van der Waals surface area (Å²) in [6.45, 7) is 1.38. The molecule has 0 atom stereocenters. The smallest absolute Gasteiger partial charge is 0.257 e. The van der Waals surface area contributed by atoms with Crippen LogP contribution >= 0.6 is 11.6 Å². The van der Waals surface area contributed by atoms with Crippen LogP contribution in [-0.4, -0.2) is 40.1 Å². The number of nitrogens with zero attached hydrogens (tertiary/aromatic N) is 2. The number of piperidine rings is 1. The summed E-state index contributed by atoms with van der Waals surface area (Å²) in [7, 11) is 0. The zero-order valence-electron chi connectivity index (χ0n) is 11.6. The number of hydrogen-bond donors (Lipinski definition) is 2. The second kappa shape index (κ2) is 5.87. The Bertz CT molecular complexity index is 647. The fourth-order valence-electron chi connectivity index (χ4n) is 2.59. The van der Waals surface area contributed by atoms with Gasteiger partial charge in [-0.1, -0.05) is 29.8 Å². The Morgan fingerprint density at radius 2 is 2.05 bits per heavy atom. The Morgan fingerprint density at radius 3 is 2.76 bits per heavy atom. The number of nitrogens with one attached hydrogen (secondary N) is 1. The van der Waals surface area contributed by atoms with E-state index in [1.54, 1.807) is 12.3 Å². The van der Waals surface area contributed by atoms with Gasteiger partial charge in [0.15, 0.2) is 0 Å². The lowest BCUT2D eigenvalue weighted by molar-refractivity contribution is 0.0715. The molecule has 0 spiro atoms. The lowest BCUT2D eigenvalue weighted by Crippen LogP contribution is -2.42. The van der Waals surface area contributed by atoms with Crippen LogP contribution in [-0.2, 0) is 0 Å². The van der Waals surface area contributed by atoms with Gasteiger partial charge in [-0.25, -0.2) is 0 Å². The molecule has 5 nitrogen and oxygen atoms in total. The molecule has 3 rings (SSSR count). The SMILES string of the molecule is NC1CCN(C(=O)c2cn[nH]c2-c2ccccc2Cl)CC1. The van der Waals surface area contributed by atoms with Crippen molar-refractivity contribution in [3.05, 3.63) is 41.0 Å². The molecule has 0 aliphatic carbocycles. The molecule has 1 aliphatic rings. The molecular formula is C15H17ClN4O. The summed E-state index contributed by atoms with van der Waals surface area (Å²) in [6, 6.07) is 7.61. The lowest BCUT2D eigenvalue weighted by Gasteiger charge is -2.30. The van der Waals surface area contributed by atoms with Crippen molar-refractivity contribution >= 4 is 17.5 Å². The van der Waals surface area contributed by atoms with Crippen molar-refractivity contribution in [1.29, 1.82) is 0 Å². The fraction of sp³-hybridized carbons (Fsp3) is 0.333. The van der Waals surface area contributed by atoms with Crippen molar-refractivity contribution in [2.45, 2.75) is 18.9 Å². The van der Waals surface area contributed by atoms with Crippen molar-refractivity contribution in [2.75, 3.05) is 13.1 Å². The first-order valence-corrected chi connectivity index (χ1v) is 7.37. The van der Waals surface area contributed by atoms with Gasteiger partial charge in [0.1, 0.15) is 0 Å². The zero-order valence-corrected chi connectivity index (χ0v) is 12.3. The molecule has 6 heteroatoms. The summed E-state index contributed by atoms with van der Waals surface area (Å²) >= 11 is 6.21. The number of rotatable bonds is 2. The second-order valence-electron chi connectivity index (χ2n) is 5.27.